The summed E-state index contributed by atoms with van der Waals surface area (Å²) in [6.07, 6.45) is 0.505. The molecule has 0 spiro atoms. The Morgan fingerprint density at radius 3 is 2.19 bits per heavy atom. The second-order valence-corrected chi connectivity index (χ2v) is 5.84. The Labute approximate surface area is 128 Å². The van der Waals surface area contributed by atoms with E-state index in [9.17, 15) is 5.11 Å². The van der Waals surface area contributed by atoms with Crippen LogP contribution in [-0.2, 0) is 0 Å². The first-order valence-corrected chi connectivity index (χ1v) is 7.54. The van der Waals surface area contributed by atoms with Gasteiger partial charge in [0.2, 0.25) is 0 Å². The molecule has 0 aliphatic heterocycles. The van der Waals surface area contributed by atoms with Crippen molar-refractivity contribution in [2.45, 2.75) is 46.3 Å². The first-order chi connectivity index (χ1) is 9.90. The molecule has 1 rings (SSSR count). The standard InChI is InChI=1S/C17H29NO3/c1-11(2)15(19)7-8-18-13(4)14-10-17(21-6)16(20-5)9-12(14)3/h9-11,13,15,18-19H,7-8H2,1-6H3. The average molecular weight is 295 g/mol. The van der Waals surface area contributed by atoms with Gasteiger partial charge in [-0.15, -0.1) is 0 Å². The van der Waals surface area contributed by atoms with Gasteiger partial charge in [-0.3, -0.25) is 0 Å². The third-order valence-electron chi connectivity index (χ3n) is 3.90. The van der Waals surface area contributed by atoms with Gasteiger partial charge in [-0.1, -0.05) is 13.8 Å². The van der Waals surface area contributed by atoms with Crippen molar-refractivity contribution in [1.82, 2.24) is 5.32 Å². The van der Waals surface area contributed by atoms with Gasteiger partial charge >= 0.3 is 0 Å². The fraction of sp³-hybridized carbons (Fsp3) is 0.647. The van der Waals surface area contributed by atoms with Crippen LogP contribution < -0.4 is 14.8 Å². The van der Waals surface area contributed by atoms with Gasteiger partial charge in [0.05, 0.1) is 20.3 Å². The maximum atomic E-state index is 9.84. The molecule has 4 nitrogen and oxygen atoms in total. The summed E-state index contributed by atoms with van der Waals surface area (Å²) in [6.45, 7) is 9.04. The molecule has 0 radical (unpaired) electrons. The molecule has 0 bridgehead atoms. The van der Waals surface area contributed by atoms with Crippen molar-refractivity contribution in [3.05, 3.63) is 23.3 Å². The molecule has 2 unspecified atom stereocenters. The molecule has 0 fully saturated rings. The zero-order valence-electron chi connectivity index (χ0n) is 14.1. The number of rotatable bonds is 8. The lowest BCUT2D eigenvalue weighted by molar-refractivity contribution is 0.115. The molecule has 120 valence electrons. The maximum absolute atomic E-state index is 9.84. The number of benzene rings is 1. The number of nitrogens with one attached hydrogen (secondary N) is 1. The van der Waals surface area contributed by atoms with E-state index in [4.69, 9.17) is 9.47 Å². The molecule has 0 aliphatic rings. The number of aryl methyl sites for hydroxylation is 1. The van der Waals surface area contributed by atoms with E-state index in [2.05, 4.69) is 19.2 Å². The summed E-state index contributed by atoms with van der Waals surface area (Å²) in [4.78, 5) is 0. The van der Waals surface area contributed by atoms with Gasteiger partial charge in [0.15, 0.2) is 11.5 Å². The molecule has 21 heavy (non-hydrogen) atoms. The number of ether oxygens (including phenoxy) is 2. The normalized spacial score (nSPS) is 14.1. The number of hydrogen-bond donors (Lipinski definition) is 2. The maximum Gasteiger partial charge on any atom is 0.161 e. The fourth-order valence-electron chi connectivity index (χ4n) is 2.35. The smallest absolute Gasteiger partial charge is 0.161 e. The molecule has 0 aromatic heterocycles. The van der Waals surface area contributed by atoms with Crippen molar-refractivity contribution in [2.75, 3.05) is 20.8 Å². The molecule has 0 aliphatic carbocycles. The van der Waals surface area contributed by atoms with E-state index in [-0.39, 0.29) is 12.1 Å². The van der Waals surface area contributed by atoms with Gasteiger partial charge in [0.1, 0.15) is 0 Å². The quantitative estimate of drug-likeness (QED) is 0.774. The van der Waals surface area contributed by atoms with Crippen LogP contribution >= 0.6 is 0 Å². The Morgan fingerprint density at radius 1 is 1.10 bits per heavy atom. The van der Waals surface area contributed by atoms with Crippen LogP contribution in [0.1, 0.15) is 44.4 Å². The summed E-state index contributed by atoms with van der Waals surface area (Å²) in [5.41, 5.74) is 2.35. The summed E-state index contributed by atoms with van der Waals surface area (Å²) in [7, 11) is 3.29. The lowest BCUT2D eigenvalue weighted by atomic mass is 10.0. The van der Waals surface area contributed by atoms with Crippen LogP contribution in [0.15, 0.2) is 12.1 Å². The minimum atomic E-state index is -0.254. The Balaban J connectivity index is 2.71. The third kappa shape index (κ3) is 4.90. The monoisotopic (exact) mass is 295 g/mol. The summed E-state index contributed by atoms with van der Waals surface area (Å²) in [6, 6.07) is 4.21. The van der Waals surface area contributed by atoms with Crippen molar-refractivity contribution in [3.8, 4) is 11.5 Å². The summed E-state index contributed by atoms with van der Waals surface area (Å²) < 4.78 is 10.7. The van der Waals surface area contributed by atoms with Gasteiger partial charge in [-0.05, 0) is 56.0 Å². The Kier molecular flexibility index (Phi) is 6.99. The third-order valence-corrected chi connectivity index (χ3v) is 3.90. The number of hydrogen-bond acceptors (Lipinski definition) is 4. The Hall–Kier alpha value is -1.26. The average Bonchev–Trinajstić information content (AvgIpc) is 2.46. The van der Waals surface area contributed by atoms with Crippen molar-refractivity contribution in [3.63, 3.8) is 0 Å². The van der Waals surface area contributed by atoms with Crippen molar-refractivity contribution >= 4 is 0 Å². The molecule has 2 N–H and O–H groups in total. The highest BCUT2D eigenvalue weighted by atomic mass is 16.5. The SMILES string of the molecule is COc1cc(C)c(C(C)NCCC(O)C(C)C)cc1OC. The van der Waals surface area contributed by atoms with E-state index in [1.807, 2.05) is 26.0 Å². The van der Waals surface area contributed by atoms with Crippen LogP contribution in [-0.4, -0.2) is 32.0 Å². The lowest BCUT2D eigenvalue weighted by Gasteiger charge is -2.21. The van der Waals surface area contributed by atoms with Gasteiger partial charge in [-0.25, -0.2) is 0 Å². The van der Waals surface area contributed by atoms with Gasteiger partial charge in [0, 0.05) is 6.04 Å². The van der Waals surface area contributed by atoms with Crippen molar-refractivity contribution in [2.24, 2.45) is 5.92 Å². The predicted molar refractivity (Wildman–Crippen MR) is 86.2 cm³/mol. The molecule has 1 aromatic rings. The lowest BCUT2D eigenvalue weighted by Crippen LogP contribution is -2.26. The van der Waals surface area contributed by atoms with Gasteiger partial charge < -0.3 is 19.9 Å². The van der Waals surface area contributed by atoms with Crippen LogP contribution in [0.5, 0.6) is 11.5 Å². The molecule has 2 atom stereocenters. The highest BCUT2D eigenvalue weighted by Crippen LogP contribution is 2.32. The van der Waals surface area contributed by atoms with E-state index in [1.165, 1.54) is 5.56 Å². The number of aliphatic hydroxyl groups excluding tert-OH is 1. The van der Waals surface area contributed by atoms with E-state index in [0.717, 1.165) is 30.0 Å². The Bertz CT molecular complexity index is 446. The van der Waals surface area contributed by atoms with Crippen LogP contribution in [0, 0.1) is 12.8 Å². The second kappa shape index (κ2) is 8.25. The first kappa shape index (κ1) is 17.8. The number of methoxy groups -OCH3 is 2. The van der Waals surface area contributed by atoms with E-state index < -0.39 is 0 Å². The fourth-order valence-corrected chi connectivity index (χ4v) is 2.35. The van der Waals surface area contributed by atoms with Crippen molar-refractivity contribution < 1.29 is 14.6 Å². The van der Waals surface area contributed by atoms with E-state index in [0.29, 0.717) is 5.92 Å². The molecule has 0 saturated carbocycles. The van der Waals surface area contributed by atoms with Crippen LogP contribution in [0.2, 0.25) is 0 Å². The summed E-state index contributed by atoms with van der Waals surface area (Å²) >= 11 is 0. The summed E-state index contributed by atoms with van der Waals surface area (Å²) in [5, 5.41) is 13.3. The second-order valence-electron chi connectivity index (χ2n) is 5.84. The Morgan fingerprint density at radius 2 is 1.67 bits per heavy atom. The van der Waals surface area contributed by atoms with Crippen LogP contribution in [0.3, 0.4) is 0 Å². The first-order valence-electron chi connectivity index (χ1n) is 7.54. The largest absolute Gasteiger partial charge is 0.493 e. The zero-order chi connectivity index (χ0) is 16.0. The molecular weight excluding hydrogens is 266 g/mol. The molecular formula is C17H29NO3. The van der Waals surface area contributed by atoms with Gasteiger partial charge in [0.25, 0.3) is 0 Å². The van der Waals surface area contributed by atoms with Crippen LogP contribution in [0.25, 0.3) is 0 Å². The van der Waals surface area contributed by atoms with Crippen molar-refractivity contribution in [1.29, 1.82) is 0 Å². The van der Waals surface area contributed by atoms with Crippen LogP contribution in [0.4, 0.5) is 0 Å². The zero-order valence-corrected chi connectivity index (χ0v) is 14.1. The molecule has 1 aromatic carbocycles. The molecule has 0 saturated heterocycles. The highest BCUT2D eigenvalue weighted by Gasteiger charge is 2.14. The van der Waals surface area contributed by atoms with E-state index in [1.54, 1.807) is 14.2 Å². The molecule has 0 heterocycles. The van der Waals surface area contributed by atoms with E-state index >= 15 is 0 Å². The predicted octanol–water partition coefficient (Wildman–Crippen LogP) is 3.07. The molecule has 4 heteroatoms. The molecule has 0 amide bonds. The minimum Gasteiger partial charge on any atom is -0.493 e. The van der Waals surface area contributed by atoms with Gasteiger partial charge in [-0.2, -0.15) is 0 Å². The topological polar surface area (TPSA) is 50.7 Å². The minimum absolute atomic E-state index is 0.198. The number of aliphatic hydroxyl groups is 1. The highest BCUT2D eigenvalue weighted by molar-refractivity contribution is 5.47. The summed E-state index contributed by atoms with van der Waals surface area (Å²) in [5.74, 6) is 1.79.